The lowest BCUT2D eigenvalue weighted by Crippen LogP contribution is -2.48. The van der Waals surface area contributed by atoms with Gasteiger partial charge in [-0.2, -0.15) is 0 Å². The highest BCUT2D eigenvalue weighted by atomic mass is 16.5. The van der Waals surface area contributed by atoms with Crippen LogP contribution in [-0.4, -0.2) is 55.0 Å². The molecule has 6 nitrogen and oxygen atoms in total. The van der Waals surface area contributed by atoms with Crippen molar-refractivity contribution in [2.45, 2.75) is 64.6 Å². The summed E-state index contributed by atoms with van der Waals surface area (Å²) in [7, 11) is 5.16. The van der Waals surface area contributed by atoms with E-state index in [1.807, 2.05) is 30.8 Å². The molecule has 1 saturated carbocycles. The highest BCUT2D eigenvalue weighted by molar-refractivity contribution is 5.90. The Morgan fingerprint density at radius 2 is 1.92 bits per heavy atom. The van der Waals surface area contributed by atoms with E-state index in [1.54, 1.807) is 13.0 Å². The number of hydrogen-bond donors (Lipinski definition) is 0. The van der Waals surface area contributed by atoms with Gasteiger partial charge in [0, 0.05) is 13.1 Å². The number of carbonyl (C=O) groups excluding carboxylic acids is 2. The van der Waals surface area contributed by atoms with Gasteiger partial charge < -0.3 is 14.1 Å². The summed E-state index contributed by atoms with van der Waals surface area (Å²) in [5.41, 5.74) is 0.434. The number of aryl methyl sites for hydroxylation is 1. The molecule has 0 N–H and O–H groups in total. The van der Waals surface area contributed by atoms with Gasteiger partial charge in [-0.1, -0.05) is 19.3 Å². The van der Waals surface area contributed by atoms with E-state index >= 15 is 0 Å². The largest absolute Gasteiger partial charge is 0.465 e. The zero-order chi connectivity index (χ0) is 18.6. The van der Waals surface area contributed by atoms with Gasteiger partial charge in [0.2, 0.25) is 5.91 Å². The first kappa shape index (κ1) is 19.5. The summed E-state index contributed by atoms with van der Waals surface area (Å²) in [6.07, 6.45) is 5.87. The number of nitrogens with zero attached hydrogens (tertiary/aromatic N) is 2. The number of hydrogen-bond acceptors (Lipinski definition) is 5. The minimum Gasteiger partial charge on any atom is -0.465 e. The van der Waals surface area contributed by atoms with Gasteiger partial charge in [-0.05, 0) is 39.8 Å². The number of furan rings is 1. The summed E-state index contributed by atoms with van der Waals surface area (Å²) in [5.74, 6) is 0.913. The van der Waals surface area contributed by atoms with E-state index in [2.05, 4.69) is 0 Å². The molecule has 1 aliphatic rings. The number of carbonyl (C=O) groups is 2. The van der Waals surface area contributed by atoms with Crippen molar-refractivity contribution in [3.8, 4) is 0 Å². The third-order valence-electron chi connectivity index (χ3n) is 5.27. The molecule has 0 aliphatic heterocycles. The molecule has 140 valence electrons. The molecule has 2 rings (SSSR count). The molecule has 0 bridgehead atoms. The lowest BCUT2D eigenvalue weighted by molar-refractivity contribution is -0.137. The maximum absolute atomic E-state index is 12.8. The quantitative estimate of drug-likeness (QED) is 0.738. The predicted molar refractivity (Wildman–Crippen MR) is 95.4 cm³/mol. The van der Waals surface area contributed by atoms with Crippen molar-refractivity contribution >= 4 is 11.9 Å². The molecule has 25 heavy (non-hydrogen) atoms. The molecule has 1 fully saturated rings. The molecule has 1 aromatic heterocycles. The second-order valence-electron chi connectivity index (χ2n) is 7.01. The van der Waals surface area contributed by atoms with Crippen LogP contribution in [0.25, 0.3) is 0 Å². The third-order valence-corrected chi connectivity index (χ3v) is 5.27. The van der Waals surface area contributed by atoms with Gasteiger partial charge in [0.05, 0.1) is 19.7 Å². The van der Waals surface area contributed by atoms with Crippen LogP contribution in [0.2, 0.25) is 0 Å². The van der Waals surface area contributed by atoms with E-state index in [4.69, 9.17) is 9.15 Å². The Hall–Kier alpha value is -1.82. The van der Waals surface area contributed by atoms with Gasteiger partial charge in [0.1, 0.15) is 17.1 Å². The highest BCUT2D eigenvalue weighted by Gasteiger charge is 2.28. The molecule has 1 heterocycles. The fourth-order valence-electron chi connectivity index (χ4n) is 3.45. The molecule has 1 aromatic rings. The second kappa shape index (κ2) is 8.52. The summed E-state index contributed by atoms with van der Waals surface area (Å²) >= 11 is 0. The van der Waals surface area contributed by atoms with Crippen LogP contribution < -0.4 is 0 Å². The summed E-state index contributed by atoms with van der Waals surface area (Å²) in [6.45, 7) is 4.11. The van der Waals surface area contributed by atoms with Crippen molar-refractivity contribution in [2.24, 2.45) is 0 Å². The van der Waals surface area contributed by atoms with E-state index in [0.717, 1.165) is 12.8 Å². The van der Waals surface area contributed by atoms with Crippen LogP contribution in [0, 0.1) is 6.92 Å². The molecule has 0 radical (unpaired) electrons. The van der Waals surface area contributed by atoms with Crippen LogP contribution in [-0.2, 0) is 16.1 Å². The number of esters is 1. The normalized spacial score (nSPS) is 16.7. The molecule has 0 saturated heterocycles. The average Bonchev–Trinajstić information content (AvgIpc) is 2.99. The Bertz CT molecular complexity index is 605. The Morgan fingerprint density at radius 3 is 2.52 bits per heavy atom. The zero-order valence-electron chi connectivity index (χ0n) is 16.0. The minimum absolute atomic E-state index is 0.130. The van der Waals surface area contributed by atoms with Crippen molar-refractivity contribution in [3.05, 3.63) is 23.2 Å². The first-order valence-corrected chi connectivity index (χ1v) is 8.99. The summed E-state index contributed by atoms with van der Waals surface area (Å²) in [6, 6.07) is 1.80. The van der Waals surface area contributed by atoms with E-state index in [-0.39, 0.29) is 11.9 Å². The monoisotopic (exact) mass is 350 g/mol. The Balaban J connectivity index is 1.98. The molecule has 1 unspecified atom stereocenters. The summed E-state index contributed by atoms with van der Waals surface area (Å²) < 4.78 is 10.4. The average molecular weight is 350 g/mol. The predicted octanol–water partition coefficient (Wildman–Crippen LogP) is 2.99. The van der Waals surface area contributed by atoms with Crippen LogP contribution in [0.1, 0.15) is 60.9 Å². The van der Waals surface area contributed by atoms with E-state index in [9.17, 15) is 9.59 Å². The van der Waals surface area contributed by atoms with Crippen molar-refractivity contribution in [3.63, 3.8) is 0 Å². The number of ether oxygens (including phenoxy) is 1. The number of methoxy groups -OCH3 is 1. The third kappa shape index (κ3) is 4.63. The van der Waals surface area contributed by atoms with Crippen molar-refractivity contribution in [2.75, 3.05) is 21.2 Å². The smallest absolute Gasteiger partial charge is 0.341 e. The van der Waals surface area contributed by atoms with Gasteiger partial charge in [-0.25, -0.2) is 4.79 Å². The summed E-state index contributed by atoms with van der Waals surface area (Å²) in [5, 5.41) is 0. The van der Waals surface area contributed by atoms with Gasteiger partial charge in [-0.3, -0.25) is 9.69 Å². The van der Waals surface area contributed by atoms with E-state index < -0.39 is 5.97 Å². The number of likely N-dealkylation sites (N-methyl/N-ethyl adjacent to an activating group) is 2. The Labute approximate surface area is 150 Å². The van der Waals surface area contributed by atoms with Crippen LogP contribution in [0.4, 0.5) is 0 Å². The number of amides is 1. The highest BCUT2D eigenvalue weighted by Crippen LogP contribution is 2.23. The van der Waals surface area contributed by atoms with E-state index in [1.165, 1.54) is 26.4 Å². The molecule has 1 amide bonds. The maximum Gasteiger partial charge on any atom is 0.341 e. The lowest BCUT2D eigenvalue weighted by Gasteiger charge is -2.35. The fourth-order valence-corrected chi connectivity index (χ4v) is 3.45. The topological polar surface area (TPSA) is 63.0 Å². The van der Waals surface area contributed by atoms with Crippen LogP contribution in [0.5, 0.6) is 0 Å². The Kier molecular flexibility index (Phi) is 6.64. The van der Waals surface area contributed by atoms with Gasteiger partial charge in [0.25, 0.3) is 0 Å². The van der Waals surface area contributed by atoms with Crippen LogP contribution in [0.3, 0.4) is 0 Å². The first-order chi connectivity index (χ1) is 11.8. The number of rotatable bonds is 6. The molecule has 0 aromatic carbocycles. The zero-order valence-corrected chi connectivity index (χ0v) is 16.0. The molecule has 0 spiro atoms. The van der Waals surface area contributed by atoms with Crippen LogP contribution in [0.15, 0.2) is 10.5 Å². The first-order valence-electron chi connectivity index (χ1n) is 8.99. The maximum atomic E-state index is 12.8. The summed E-state index contributed by atoms with van der Waals surface area (Å²) in [4.78, 5) is 28.3. The van der Waals surface area contributed by atoms with Gasteiger partial charge >= 0.3 is 5.97 Å². The van der Waals surface area contributed by atoms with Crippen molar-refractivity contribution in [1.82, 2.24) is 9.80 Å². The van der Waals surface area contributed by atoms with Gasteiger partial charge in [-0.15, -0.1) is 0 Å². The SMILES string of the molecule is COC(=O)c1cc(CN(C)C(C)C(=O)N(C)C2CCCCC2)oc1C. The van der Waals surface area contributed by atoms with Gasteiger partial charge in [0.15, 0.2) is 0 Å². The second-order valence-corrected chi connectivity index (χ2v) is 7.01. The standard InChI is InChI=1S/C19H30N2O4/c1-13(18(22)21(4)15-9-7-6-8-10-15)20(3)12-16-11-17(14(2)25-16)19(23)24-5/h11,13,15H,6-10,12H2,1-5H3. The van der Waals surface area contributed by atoms with Crippen LogP contribution >= 0.6 is 0 Å². The molecule has 6 heteroatoms. The fraction of sp³-hybridized carbons (Fsp3) is 0.684. The van der Waals surface area contributed by atoms with Crippen molar-refractivity contribution < 1.29 is 18.7 Å². The lowest BCUT2D eigenvalue weighted by atomic mass is 9.94. The molecule has 1 aliphatic carbocycles. The molecular weight excluding hydrogens is 320 g/mol. The Morgan fingerprint density at radius 1 is 1.28 bits per heavy atom. The molecular formula is C19H30N2O4. The minimum atomic E-state index is -0.406. The van der Waals surface area contributed by atoms with E-state index in [0.29, 0.717) is 29.7 Å². The van der Waals surface area contributed by atoms with Crippen molar-refractivity contribution in [1.29, 1.82) is 0 Å². The molecule has 1 atom stereocenters.